The Balaban J connectivity index is 1.43. The average Bonchev–Trinajstić information content (AvgIpc) is 2.38. The Morgan fingerprint density at radius 2 is 1.50 bits per heavy atom. The van der Waals surface area contributed by atoms with Crippen LogP contribution in [0.3, 0.4) is 0 Å². The molecule has 0 aromatic carbocycles. The van der Waals surface area contributed by atoms with E-state index in [1.165, 1.54) is 51.7 Å². The molecule has 1 saturated carbocycles. The summed E-state index contributed by atoms with van der Waals surface area (Å²) < 4.78 is 0. The lowest BCUT2D eigenvalue weighted by atomic mass is 9.72. The van der Waals surface area contributed by atoms with Gasteiger partial charge in [0.1, 0.15) is 0 Å². The van der Waals surface area contributed by atoms with Gasteiger partial charge in [-0.15, -0.1) is 0 Å². The van der Waals surface area contributed by atoms with Gasteiger partial charge in [-0.2, -0.15) is 0 Å². The standard InChI is InChI=1S/C18H34N2/c1-13(2)16-5-7-19(8-6-16)12-15-9-17-11-18(10-15)20(17)14(3)4/h13-18H,5-12H2,1-4H3. The molecular formula is C18H34N2. The Kier molecular flexibility index (Phi) is 4.42. The van der Waals surface area contributed by atoms with Crippen molar-refractivity contribution in [2.75, 3.05) is 19.6 Å². The topological polar surface area (TPSA) is 6.48 Å². The first-order valence-corrected chi connectivity index (χ1v) is 9.04. The van der Waals surface area contributed by atoms with Crippen molar-refractivity contribution in [3.05, 3.63) is 0 Å². The van der Waals surface area contributed by atoms with Crippen molar-refractivity contribution in [3.8, 4) is 0 Å². The lowest BCUT2D eigenvalue weighted by molar-refractivity contribution is -0.0790. The molecule has 2 unspecified atom stereocenters. The van der Waals surface area contributed by atoms with Gasteiger partial charge in [-0.1, -0.05) is 13.8 Å². The molecule has 4 fully saturated rings. The van der Waals surface area contributed by atoms with Crippen LogP contribution >= 0.6 is 0 Å². The molecule has 4 rings (SSSR count). The molecule has 3 heterocycles. The van der Waals surface area contributed by atoms with Crippen molar-refractivity contribution in [2.24, 2.45) is 17.8 Å². The maximum atomic E-state index is 2.78. The molecule has 1 aliphatic carbocycles. The van der Waals surface area contributed by atoms with E-state index in [2.05, 4.69) is 37.5 Å². The summed E-state index contributed by atoms with van der Waals surface area (Å²) in [4.78, 5) is 5.55. The quantitative estimate of drug-likeness (QED) is 0.775. The maximum absolute atomic E-state index is 2.78. The third-order valence-electron chi connectivity index (χ3n) is 6.29. The van der Waals surface area contributed by atoms with Gasteiger partial charge in [0.2, 0.25) is 0 Å². The van der Waals surface area contributed by atoms with E-state index in [1.807, 2.05) is 0 Å². The van der Waals surface area contributed by atoms with Gasteiger partial charge in [0.25, 0.3) is 0 Å². The van der Waals surface area contributed by atoms with Crippen LogP contribution in [0.5, 0.6) is 0 Å². The minimum atomic E-state index is 0.765. The molecule has 0 aromatic heterocycles. The molecule has 2 nitrogen and oxygen atoms in total. The monoisotopic (exact) mass is 278 g/mol. The molecule has 2 bridgehead atoms. The Morgan fingerprint density at radius 3 is 2.00 bits per heavy atom. The van der Waals surface area contributed by atoms with Crippen LogP contribution < -0.4 is 0 Å². The van der Waals surface area contributed by atoms with Crippen molar-refractivity contribution in [2.45, 2.75) is 77.9 Å². The highest BCUT2D eigenvalue weighted by atomic mass is 15.3. The Hall–Kier alpha value is -0.0800. The molecule has 20 heavy (non-hydrogen) atoms. The van der Waals surface area contributed by atoms with Crippen LogP contribution in [0.2, 0.25) is 0 Å². The van der Waals surface area contributed by atoms with Gasteiger partial charge in [0.05, 0.1) is 0 Å². The van der Waals surface area contributed by atoms with Crippen LogP contribution in [0.25, 0.3) is 0 Å². The molecular weight excluding hydrogens is 244 g/mol. The average molecular weight is 278 g/mol. The number of nitrogens with zero attached hydrogens (tertiary/aromatic N) is 2. The number of likely N-dealkylation sites (tertiary alicyclic amines) is 1. The number of hydrogen-bond donors (Lipinski definition) is 0. The second-order valence-corrected chi connectivity index (χ2v) is 8.30. The predicted molar refractivity (Wildman–Crippen MR) is 85.9 cm³/mol. The molecule has 0 aromatic rings. The minimum Gasteiger partial charge on any atom is -0.303 e. The van der Waals surface area contributed by atoms with E-state index in [0.29, 0.717) is 0 Å². The third kappa shape index (κ3) is 2.92. The highest BCUT2D eigenvalue weighted by molar-refractivity contribution is 5.01. The van der Waals surface area contributed by atoms with E-state index in [9.17, 15) is 0 Å². The highest BCUT2D eigenvalue weighted by Crippen LogP contribution is 2.43. The fraction of sp³-hybridized carbons (Fsp3) is 1.00. The molecule has 3 saturated heterocycles. The fourth-order valence-corrected chi connectivity index (χ4v) is 5.18. The normalized spacial score (nSPS) is 36.6. The van der Waals surface area contributed by atoms with Crippen molar-refractivity contribution in [3.63, 3.8) is 0 Å². The van der Waals surface area contributed by atoms with Gasteiger partial charge in [0.15, 0.2) is 0 Å². The second kappa shape index (κ2) is 5.96. The van der Waals surface area contributed by atoms with Crippen LogP contribution in [0.15, 0.2) is 0 Å². The van der Waals surface area contributed by atoms with Crippen LogP contribution in [0.4, 0.5) is 0 Å². The van der Waals surface area contributed by atoms with E-state index in [1.54, 1.807) is 0 Å². The minimum absolute atomic E-state index is 0.765. The lowest BCUT2D eigenvalue weighted by Crippen LogP contribution is -2.63. The van der Waals surface area contributed by atoms with Crippen LogP contribution in [0.1, 0.15) is 59.8 Å². The predicted octanol–water partition coefficient (Wildman–Crippen LogP) is 3.62. The summed E-state index contributed by atoms with van der Waals surface area (Å²) in [5, 5.41) is 0. The molecule has 0 radical (unpaired) electrons. The molecule has 116 valence electrons. The number of rotatable bonds is 4. The van der Waals surface area contributed by atoms with E-state index < -0.39 is 0 Å². The number of piperidine rings is 2. The van der Waals surface area contributed by atoms with Gasteiger partial charge >= 0.3 is 0 Å². The van der Waals surface area contributed by atoms with Crippen molar-refractivity contribution in [1.29, 1.82) is 0 Å². The Labute approximate surface area is 125 Å². The second-order valence-electron chi connectivity index (χ2n) is 8.30. The lowest BCUT2D eigenvalue weighted by Gasteiger charge is -2.58. The number of fused-ring (bicyclic) bond motifs is 2. The summed E-state index contributed by atoms with van der Waals surface area (Å²) in [7, 11) is 0. The molecule has 0 amide bonds. The molecule has 4 aliphatic rings. The summed E-state index contributed by atoms with van der Waals surface area (Å²) in [6.07, 6.45) is 7.31. The van der Waals surface area contributed by atoms with E-state index >= 15 is 0 Å². The van der Waals surface area contributed by atoms with E-state index in [-0.39, 0.29) is 0 Å². The smallest absolute Gasteiger partial charge is 0.0119 e. The largest absolute Gasteiger partial charge is 0.303 e. The van der Waals surface area contributed by atoms with Gasteiger partial charge < -0.3 is 4.90 Å². The molecule has 2 atom stereocenters. The van der Waals surface area contributed by atoms with Gasteiger partial charge in [-0.3, -0.25) is 4.90 Å². The zero-order valence-corrected chi connectivity index (χ0v) is 14.0. The summed E-state index contributed by atoms with van der Waals surface area (Å²) in [6, 6.07) is 2.61. The highest BCUT2D eigenvalue weighted by Gasteiger charge is 2.46. The fourth-order valence-electron chi connectivity index (χ4n) is 5.18. The summed E-state index contributed by atoms with van der Waals surface area (Å²) >= 11 is 0. The molecule has 2 heteroatoms. The van der Waals surface area contributed by atoms with E-state index in [4.69, 9.17) is 0 Å². The van der Waals surface area contributed by atoms with Crippen LogP contribution in [-0.2, 0) is 0 Å². The summed E-state index contributed by atoms with van der Waals surface area (Å²) in [5.41, 5.74) is 0. The van der Waals surface area contributed by atoms with Gasteiger partial charge in [-0.25, -0.2) is 0 Å². The summed E-state index contributed by atoms with van der Waals surface area (Å²) in [5.74, 6) is 2.87. The van der Waals surface area contributed by atoms with Crippen molar-refractivity contribution in [1.82, 2.24) is 9.80 Å². The van der Waals surface area contributed by atoms with Gasteiger partial charge in [-0.05, 0) is 76.8 Å². The first-order valence-electron chi connectivity index (χ1n) is 9.04. The zero-order chi connectivity index (χ0) is 14.3. The van der Waals surface area contributed by atoms with Crippen molar-refractivity contribution < 1.29 is 0 Å². The zero-order valence-electron chi connectivity index (χ0n) is 14.0. The SMILES string of the molecule is CC(C)C1CCN(CC2CC3CC(C2)N3C(C)C)CC1. The van der Waals surface area contributed by atoms with Crippen molar-refractivity contribution >= 4 is 0 Å². The molecule has 0 spiro atoms. The summed E-state index contributed by atoms with van der Waals surface area (Å²) in [6.45, 7) is 13.7. The molecule has 0 N–H and O–H groups in total. The first kappa shape index (κ1) is 14.8. The third-order valence-corrected chi connectivity index (χ3v) is 6.29. The van der Waals surface area contributed by atoms with Crippen LogP contribution in [0, 0.1) is 17.8 Å². The Morgan fingerprint density at radius 1 is 0.900 bits per heavy atom. The maximum Gasteiger partial charge on any atom is 0.0119 e. The first-order chi connectivity index (χ1) is 9.54. The number of hydrogen-bond acceptors (Lipinski definition) is 2. The van der Waals surface area contributed by atoms with E-state index in [0.717, 1.165) is 35.9 Å². The van der Waals surface area contributed by atoms with Crippen LogP contribution in [-0.4, -0.2) is 47.6 Å². The Bertz CT molecular complexity index is 305. The van der Waals surface area contributed by atoms with Gasteiger partial charge in [0, 0.05) is 24.7 Å². The molecule has 3 aliphatic heterocycles.